The summed E-state index contributed by atoms with van der Waals surface area (Å²) in [7, 11) is 2.21. The number of carbonyl (C=O) groups is 1. The highest BCUT2D eigenvalue weighted by molar-refractivity contribution is 5.91. The number of nitrogens with zero attached hydrogens (tertiary/aromatic N) is 4. The quantitative estimate of drug-likeness (QED) is 0.509. The molecule has 0 spiro atoms. The molecule has 0 radical (unpaired) electrons. The molecule has 164 valence electrons. The fourth-order valence-electron chi connectivity index (χ4n) is 4.82. The third kappa shape index (κ3) is 4.06. The lowest BCUT2D eigenvalue weighted by atomic mass is 9.98. The third-order valence-corrected chi connectivity index (χ3v) is 6.53. The summed E-state index contributed by atoms with van der Waals surface area (Å²) in [6.45, 7) is 5.18. The number of amides is 1. The molecule has 3 heterocycles. The predicted octanol–water partition coefficient (Wildman–Crippen LogP) is 3.78. The van der Waals surface area contributed by atoms with E-state index in [1.165, 1.54) is 42.6 Å². The Labute approximate surface area is 188 Å². The van der Waals surface area contributed by atoms with Gasteiger partial charge in [-0.15, -0.1) is 0 Å². The predicted molar refractivity (Wildman–Crippen MR) is 127 cm³/mol. The molecule has 2 aromatic carbocycles. The summed E-state index contributed by atoms with van der Waals surface area (Å²) in [5, 5.41) is 5.48. The molecular weight excluding hydrogens is 398 g/mol. The third-order valence-electron chi connectivity index (χ3n) is 6.53. The Morgan fingerprint density at radius 2 is 1.88 bits per heavy atom. The molecule has 1 amide bonds. The fraction of sp³-hybridized carbons (Fsp3) is 0.308. The molecular formula is C26H29N5O. The molecule has 2 aromatic heterocycles. The monoisotopic (exact) mass is 427 g/mol. The minimum Gasteiger partial charge on any atom is -0.364 e. The molecule has 0 aliphatic carbocycles. The lowest BCUT2D eigenvalue weighted by Crippen LogP contribution is -2.14. The Balaban J connectivity index is 1.33. The molecule has 0 saturated carbocycles. The molecule has 1 aliphatic rings. The zero-order valence-corrected chi connectivity index (χ0v) is 18.7. The number of fused-ring (bicyclic) bond motifs is 1. The van der Waals surface area contributed by atoms with Crippen molar-refractivity contribution in [2.24, 2.45) is 11.7 Å². The smallest absolute Gasteiger partial charge is 0.269 e. The first kappa shape index (κ1) is 20.5. The number of likely N-dealkylation sites (tertiary alicyclic amines) is 1. The number of carbonyl (C=O) groups excluding carboxylic acids is 1. The number of aryl methyl sites for hydroxylation is 1. The second-order valence-electron chi connectivity index (χ2n) is 9.07. The Morgan fingerprint density at radius 3 is 2.56 bits per heavy atom. The van der Waals surface area contributed by atoms with Crippen molar-refractivity contribution >= 4 is 16.8 Å². The minimum absolute atomic E-state index is 0.281. The van der Waals surface area contributed by atoms with Gasteiger partial charge in [-0.25, -0.2) is 4.68 Å². The maximum Gasteiger partial charge on any atom is 0.269 e. The van der Waals surface area contributed by atoms with Crippen molar-refractivity contribution < 1.29 is 4.79 Å². The summed E-state index contributed by atoms with van der Waals surface area (Å²) in [5.41, 5.74) is 11.4. The van der Waals surface area contributed by atoms with Gasteiger partial charge < -0.3 is 15.2 Å². The van der Waals surface area contributed by atoms with Crippen molar-refractivity contribution in [2.45, 2.75) is 26.3 Å². The van der Waals surface area contributed by atoms with E-state index < -0.39 is 5.91 Å². The van der Waals surface area contributed by atoms with Gasteiger partial charge in [0, 0.05) is 35.9 Å². The molecule has 32 heavy (non-hydrogen) atoms. The Hall–Kier alpha value is -3.38. The van der Waals surface area contributed by atoms with Gasteiger partial charge in [-0.2, -0.15) is 5.10 Å². The highest BCUT2D eigenvalue weighted by Crippen LogP contribution is 2.23. The van der Waals surface area contributed by atoms with Crippen LogP contribution in [-0.4, -0.2) is 45.3 Å². The average Bonchev–Trinajstić information content (AvgIpc) is 3.48. The molecule has 1 saturated heterocycles. The van der Waals surface area contributed by atoms with E-state index >= 15 is 0 Å². The van der Waals surface area contributed by atoms with E-state index in [1.807, 2.05) is 13.0 Å². The van der Waals surface area contributed by atoms with Gasteiger partial charge in [-0.1, -0.05) is 24.3 Å². The molecule has 1 fully saturated rings. The highest BCUT2D eigenvalue weighted by Gasteiger charge is 2.19. The van der Waals surface area contributed by atoms with Crippen molar-refractivity contribution in [3.8, 4) is 5.69 Å². The number of hydrogen-bond acceptors (Lipinski definition) is 3. The topological polar surface area (TPSA) is 69.1 Å². The van der Waals surface area contributed by atoms with Gasteiger partial charge in [-0.05, 0) is 80.7 Å². The van der Waals surface area contributed by atoms with E-state index in [-0.39, 0.29) is 5.69 Å². The molecule has 5 rings (SSSR count). The summed E-state index contributed by atoms with van der Waals surface area (Å²) < 4.78 is 4.03. The van der Waals surface area contributed by atoms with Gasteiger partial charge in [0.05, 0.1) is 5.69 Å². The molecule has 1 aliphatic heterocycles. The van der Waals surface area contributed by atoms with Crippen LogP contribution in [0.2, 0.25) is 0 Å². The van der Waals surface area contributed by atoms with Gasteiger partial charge in [0.2, 0.25) is 0 Å². The molecule has 1 atom stereocenters. The zero-order valence-electron chi connectivity index (χ0n) is 18.7. The summed E-state index contributed by atoms with van der Waals surface area (Å²) in [6, 6.07) is 19.2. The lowest BCUT2D eigenvalue weighted by Gasteiger charge is -2.11. The Kier molecular flexibility index (Phi) is 5.31. The van der Waals surface area contributed by atoms with Crippen LogP contribution in [0.5, 0.6) is 0 Å². The summed E-state index contributed by atoms with van der Waals surface area (Å²) in [6.07, 6.45) is 4.60. The van der Waals surface area contributed by atoms with Crippen molar-refractivity contribution in [1.82, 2.24) is 19.2 Å². The van der Waals surface area contributed by atoms with E-state index in [9.17, 15) is 4.79 Å². The number of rotatable bonds is 6. The number of aromatic nitrogens is 3. The summed E-state index contributed by atoms with van der Waals surface area (Å²) >= 11 is 0. The largest absolute Gasteiger partial charge is 0.364 e. The van der Waals surface area contributed by atoms with Gasteiger partial charge in [0.15, 0.2) is 5.69 Å². The van der Waals surface area contributed by atoms with Crippen molar-refractivity contribution in [2.75, 3.05) is 20.1 Å². The first-order chi connectivity index (χ1) is 15.5. The second kappa shape index (κ2) is 8.28. The van der Waals surface area contributed by atoms with Gasteiger partial charge in [0.25, 0.3) is 5.91 Å². The van der Waals surface area contributed by atoms with Gasteiger partial charge >= 0.3 is 0 Å². The standard InChI is InChI=1S/C26H29N5O/c1-18-13-24(26(27)32)28-31(18)23-7-8-25-22(15-23)10-12-30(25)17-20-5-3-19(4-6-20)14-21-9-11-29(2)16-21/h3-8,10,12-13,15,21H,9,11,14,16-17H2,1-2H3,(H2,27,32)/t21-/m1/s1. The Bertz CT molecular complexity index is 1270. The highest BCUT2D eigenvalue weighted by atomic mass is 16.1. The normalized spacial score (nSPS) is 16.8. The lowest BCUT2D eigenvalue weighted by molar-refractivity contribution is 0.0995. The van der Waals surface area contributed by atoms with E-state index in [2.05, 4.69) is 70.3 Å². The first-order valence-electron chi connectivity index (χ1n) is 11.2. The molecule has 4 aromatic rings. The van der Waals surface area contributed by atoms with Crippen molar-refractivity contribution in [1.29, 1.82) is 0 Å². The maximum absolute atomic E-state index is 11.4. The van der Waals surface area contributed by atoms with Crippen LogP contribution < -0.4 is 5.73 Å². The van der Waals surface area contributed by atoms with E-state index in [0.717, 1.165) is 29.2 Å². The SMILES string of the molecule is Cc1cc(C(N)=O)nn1-c1ccc2c(ccn2Cc2ccc(C[C@H]3CCN(C)C3)cc2)c1. The zero-order chi connectivity index (χ0) is 22.2. The molecule has 0 unspecified atom stereocenters. The van der Waals surface area contributed by atoms with Gasteiger partial charge in [0.1, 0.15) is 0 Å². The number of primary amides is 1. The fourth-order valence-corrected chi connectivity index (χ4v) is 4.82. The Morgan fingerprint density at radius 1 is 1.09 bits per heavy atom. The number of nitrogens with two attached hydrogens (primary N) is 1. The van der Waals surface area contributed by atoms with Crippen molar-refractivity contribution in [3.63, 3.8) is 0 Å². The van der Waals surface area contributed by atoms with E-state index in [1.54, 1.807) is 10.7 Å². The number of hydrogen-bond donors (Lipinski definition) is 1. The minimum atomic E-state index is -0.513. The van der Waals surface area contributed by atoms with Crippen LogP contribution in [0, 0.1) is 12.8 Å². The van der Waals surface area contributed by atoms with Crippen LogP contribution in [0.15, 0.2) is 60.8 Å². The van der Waals surface area contributed by atoms with Crippen LogP contribution in [0.4, 0.5) is 0 Å². The molecule has 0 bridgehead atoms. The maximum atomic E-state index is 11.4. The number of benzene rings is 2. The van der Waals surface area contributed by atoms with Crippen LogP contribution in [0.3, 0.4) is 0 Å². The molecule has 6 nitrogen and oxygen atoms in total. The van der Waals surface area contributed by atoms with Crippen LogP contribution in [0.1, 0.15) is 33.7 Å². The van der Waals surface area contributed by atoms with E-state index in [0.29, 0.717) is 0 Å². The summed E-state index contributed by atoms with van der Waals surface area (Å²) in [5.74, 6) is 0.270. The van der Waals surface area contributed by atoms with E-state index in [4.69, 9.17) is 5.73 Å². The van der Waals surface area contributed by atoms with Crippen LogP contribution in [0.25, 0.3) is 16.6 Å². The van der Waals surface area contributed by atoms with Gasteiger partial charge in [-0.3, -0.25) is 4.79 Å². The van der Waals surface area contributed by atoms with Crippen molar-refractivity contribution in [3.05, 3.63) is 83.3 Å². The van der Waals surface area contributed by atoms with Crippen LogP contribution in [-0.2, 0) is 13.0 Å². The molecule has 2 N–H and O–H groups in total. The van der Waals surface area contributed by atoms with Crippen LogP contribution >= 0.6 is 0 Å². The molecule has 6 heteroatoms. The second-order valence-corrected chi connectivity index (χ2v) is 9.07. The summed E-state index contributed by atoms with van der Waals surface area (Å²) in [4.78, 5) is 13.9. The first-order valence-corrected chi connectivity index (χ1v) is 11.2. The average molecular weight is 428 g/mol.